The van der Waals surface area contributed by atoms with Gasteiger partial charge in [-0.15, -0.1) is 6.58 Å². The normalized spacial score (nSPS) is 19.2. The first-order valence-corrected chi connectivity index (χ1v) is 12.7. The fourth-order valence-corrected chi connectivity index (χ4v) is 5.28. The molecule has 4 rings (SSSR count). The number of phenolic OH excluding ortho intramolecular Hbond substituents is 1. The van der Waals surface area contributed by atoms with Crippen molar-refractivity contribution in [3.63, 3.8) is 0 Å². The van der Waals surface area contributed by atoms with Gasteiger partial charge in [0.05, 0.1) is 13.2 Å². The molecule has 6 nitrogen and oxygen atoms in total. The topological polar surface area (TPSA) is 56.2 Å². The molecule has 1 saturated heterocycles. The molecule has 6 heteroatoms. The lowest BCUT2D eigenvalue weighted by Crippen LogP contribution is -2.57. The second-order valence-electron chi connectivity index (χ2n) is 9.78. The molecular weight excluding hydrogens is 462 g/mol. The largest absolute Gasteiger partial charge is 0.508 e. The van der Waals surface area contributed by atoms with Crippen molar-refractivity contribution in [2.24, 2.45) is 0 Å². The van der Waals surface area contributed by atoms with E-state index in [0.29, 0.717) is 11.6 Å². The average Bonchev–Trinajstić information content (AvgIpc) is 2.91. The first-order chi connectivity index (χ1) is 17.8. The molecule has 1 N–H and O–H groups in total. The lowest BCUT2D eigenvalue weighted by Gasteiger charge is -2.47. The summed E-state index contributed by atoms with van der Waals surface area (Å²) in [5.41, 5.74) is 3.32. The number of rotatable bonds is 8. The van der Waals surface area contributed by atoms with Gasteiger partial charge in [-0.25, -0.2) is 0 Å². The Kier molecular flexibility index (Phi) is 8.31. The third kappa shape index (κ3) is 5.71. The zero-order valence-electron chi connectivity index (χ0n) is 22.2. The van der Waals surface area contributed by atoms with E-state index in [2.05, 4.69) is 30.2 Å². The Bertz CT molecular complexity index is 1230. The molecule has 0 spiro atoms. The summed E-state index contributed by atoms with van der Waals surface area (Å²) >= 11 is 0. The monoisotopic (exact) mass is 499 g/mol. The number of carbonyl (C=O) groups is 1. The second-order valence-corrected chi connectivity index (χ2v) is 9.78. The first-order valence-electron chi connectivity index (χ1n) is 12.7. The van der Waals surface area contributed by atoms with Crippen molar-refractivity contribution >= 4 is 11.6 Å². The van der Waals surface area contributed by atoms with Gasteiger partial charge >= 0.3 is 0 Å². The number of carbonyl (C=O) groups excluding carboxylic acids is 1. The van der Waals surface area contributed by atoms with Crippen molar-refractivity contribution in [3.8, 4) is 11.5 Å². The highest BCUT2D eigenvalue weighted by Crippen LogP contribution is 2.36. The average molecular weight is 500 g/mol. The highest BCUT2D eigenvalue weighted by molar-refractivity contribution is 6.07. The zero-order chi connectivity index (χ0) is 26.5. The maximum absolute atomic E-state index is 13.9. The van der Waals surface area contributed by atoms with Crippen LogP contribution in [0.3, 0.4) is 0 Å². The lowest BCUT2D eigenvalue weighted by molar-refractivity contribution is 0.0304. The summed E-state index contributed by atoms with van der Waals surface area (Å²) in [7, 11) is 3.42. The summed E-state index contributed by atoms with van der Waals surface area (Å²) in [6.45, 7) is 10.9. The molecule has 0 aromatic heterocycles. The molecular formula is C31H37N3O3. The summed E-state index contributed by atoms with van der Waals surface area (Å²) in [4.78, 5) is 20.5. The van der Waals surface area contributed by atoms with E-state index in [1.54, 1.807) is 25.1 Å². The minimum Gasteiger partial charge on any atom is -0.508 e. The number of anilines is 1. The molecule has 1 fully saturated rings. The third-order valence-corrected chi connectivity index (χ3v) is 7.29. The number of hydrogen-bond acceptors (Lipinski definition) is 5. The Morgan fingerprint density at radius 2 is 1.81 bits per heavy atom. The lowest BCUT2D eigenvalue weighted by atomic mass is 9.90. The van der Waals surface area contributed by atoms with Crippen LogP contribution in [0, 0.1) is 0 Å². The maximum atomic E-state index is 13.9. The van der Waals surface area contributed by atoms with Crippen molar-refractivity contribution in [1.29, 1.82) is 0 Å². The Hall–Kier alpha value is -3.61. The molecule has 37 heavy (non-hydrogen) atoms. The molecule has 3 aromatic rings. The Morgan fingerprint density at radius 3 is 2.49 bits per heavy atom. The standard InChI is InChI=1S/C31H37N3O3/c1-6-18-33-20-23(3)34(21-22(33)2)30(24-10-9-11-26(35)19-24)28-12-7-8-13-29(28)31(36)32(4)25-14-16-27(37-5)17-15-25/h6-17,19,22-23,30,35H,1,18,20-21H2,2-5H3/t22-,23+,30-/m1/s1. The molecule has 0 saturated carbocycles. The van der Waals surface area contributed by atoms with E-state index < -0.39 is 0 Å². The van der Waals surface area contributed by atoms with Gasteiger partial charge in [0.15, 0.2) is 0 Å². The van der Waals surface area contributed by atoms with Crippen LogP contribution in [0.4, 0.5) is 5.69 Å². The molecule has 0 aliphatic carbocycles. The van der Waals surface area contributed by atoms with Crippen LogP contribution < -0.4 is 9.64 Å². The van der Waals surface area contributed by atoms with Crippen molar-refractivity contribution < 1.29 is 14.6 Å². The molecule has 3 atom stereocenters. The summed E-state index contributed by atoms with van der Waals surface area (Å²) in [6, 6.07) is 23.1. The highest BCUT2D eigenvalue weighted by Gasteiger charge is 2.36. The molecule has 1 aliphatic heterocycles. The summed E-state index contributed by atoms with van der Waals surface area (Å²) in [5, 5.41) is 10.4. The van der Waals surface area contributed by atoms with Gasteiger partial charge in [0.25, 0.3) is 5.91 Å². The van der Waals surface area contributed by atoms with E-state index in [4.69, 9.17) is 4.74 Å². The van der Waals surface area contributed by atoms with Gasteiger partial charge in [-0.05, 0) is 67.4 Å². The van der Waals surface area contributed by atoms with Crippen LogP contribution in [-0.4, -0.2) is 66.7 Å². The minimum absolute atomic E-state index is 0.0862. The quantitative estimate of drug-likeness (QED) is 0.424. The van der Waals surface area contributed by atoms with Crippen molar-refractivity contribution in [3.05, 3.63) is 102 Å². The third-order valence-electron chi connectivity index (χ3n) is 7.29. The van der Waals surface area contributed by atoms with Gasteiger partial charge in [0.2, 0.25) is 0 Å². The fourth-order valence-electron chi connectivity index (χ4n) is 5.28. The predicted molar refractivity (Wildman–Crippen MR) is 150 cm³/mol. The van der Waals surface area contributed by atoms with Crippen molar-refractivity contribution in [1.82, 2.24) is 9.80 Å². The predicted octanol–water partition coefficient (Wildman–Crippen LogP) is 5.35. The smallest absolute Gasteiger partial charge is 0.258 e. The van der Waals surface area contributed by atoms with Gasteiger partial charge in [-0.3, -0.25) is 14.6 Å². The van der Waals surface area contributed by atoms with Gasteiger partial charge < -0.3 is 14.7 Å². The molecule has 1 heterocycles. The molecule has 0 unspecified atom stereocenters. The van der Waals surface area contributed by atoms with Crippen LogP contribution in [0.5, 0.6) is 11.5 Å². The Labute approximate surface area is 220 Å². The molecule has 1 amide bonds. The van der Waals surface area contributed by atoms with E-state index >= 15 is 0 Å². The number of hydrogen-bond donors (Lipinski definition) is 1. The van der Waals surface area contributed by atoms with Gasteiger partial charge in [-0.1, -0.05) is 36.4 Å². The number of methoxy groups -OCH3 is 1. The number of ether oxygens (including phenoxy) is 1. The number of benzene rings is 3. The molecule has 1 aliphatic rings. The summed E-state index contributed by atoms with van der Waals surface area (Å²) in [5.74, 6) is 0.872. The highest BCUT2D eigenvalue weighted by atomic mass is 16.5. The molecule has 3 aromatic carbocycles. The van der Waals surface area contributed by atoms with Gasteiger partial charge in [-0.2, -0.15) is 0 Å². The SMILES string of the molecule is C=CCN1C[C@H](C)N([C@H](c2cccc(O)c2)c2ccccc2C(=O)N(C)c2ccc(OC)cc2)C[C@H]1C. The number of nitrogens with zero attached hydrogens (tertiary/aromatic N) is 3. The summed E-state index contributed by atoms with van der Waals surface area (Å²) < 4.78 is 5.27. The van der Waals surface area contributed by atoms with E-state index in [9.17, 15) is 9.90 Å². The number of piperazine rings is 1. The number of aromatic hydroxyl groups is 1. The zero-order valence-corrected chi connectivity index (χ0v) is 22.2. The number of phenols is 1. The van der Waals surface area contributed by atoms with Gasteiger partial charge in [0, 0.05) is 50.0 Å². The first kappa shape index (κ1) is 26.5. The summed E-state index contributed by atoms with van der Waals surface area (Å²) in [6.07, 6.45) is 1.95. The van der Waals surface area contributed by atoms with Crippen LogP contribution in [0.25, 0.3) is 0 Å². The van der Waals surface area contributed by atoms with E-state index in [1.807, 2.05) is 72.8 Å². The maximum Gasteiger partial charge on any atom is 0.258 e. The minimum atomic E-state index is -0.195. The molecule has 194 valence electrons. The Balaban J connectivity index is 1.76. The molecule has 0 bridgehead atoms. The number of amides is 1. The van der Waals surface area contributed by atoms with Crippen LogP contribution in [-0.2, 0) is 0 Å². The van der Waals surface area contributed by atoms with Gasteiger partial charge in [0.1, 0.15) is 11.5 Å². The Morgan fingerprint density at radius 1 is 1.08 bits per heavy atom. The molecule has 0 radical (unpaired) electrons. The van der Waals surface area contributed by atoms with Crippen molar-refractivity contribution in [2.75, 3.05) is 38.7 Å². The van der Waals surface area contributed by atoms with Crippen LogP contribution in [0.1, 0.15) is 41.4 Å². The van der Waals surface area contributed by atoms with E-state index in [0.717, 1.165) is 42.2 Å². The van der Waals surface area contributed by atoms with E-state index in [-0.39, 0.29) is 23.7 Å². The van der Waals surface area contributed by atoms with Crippen LogP contribution in [0.2, 0.25) is 0 Å². The van der Waals surface area contributed by atoms with Crippen molar-refractivity contribution in [2.45, 2.75) is 32.0 Å². The fraction of sp³-hybridized carbons (Fsp3) is 0.323. The van der Waals surface area contributed by atoms with Crippen LogP contribution >= 0.6 is 0 Å². The second kappa shape index (κ2) is 11.6. The van der Waals surface area contributed by atoms with Crippen LogP contribution in [0.15, 0.2) is 85.5 Å². The van der Waals surface area contributed by atoms with E-state index in [1.165, 1.54) is 0 Å².